The number of nitrogens with two attached hydrogens (primary N) is 2. The minimum Gasteiger partial charge on any atom is -0.397 e. The first kappa shape index (κ1) is 12.2. The van der Waals surface area contributed by atoms with E-state index >= 15 is 0 Å². The molecule has 0 spiro atoms. The van der Waals surface area contributed by atoms with Gasteiger partial charge in [-0.1, -0.05) is 25.7 Å². The van der Waals surface area contributed by atoms with Crippen molar-refractivity contribution in [2.24, 2.45) is 5.73 Å². The molecule has 0 radical (unpaired) electrons. The van der Waals surface area contributed by atoms with Crippen molar-refractivity contribution in [1.29, 1.82) is 0 Å². The van der Waals surface area contributed by atoms with E-state index in [0.29, 0.717) is 16.6 Å². The summed E-state index contributed by atoms with van der Waals surface area (Å²) in [4.78, 5) is 11.6. The zero-order valence-corrected chi connectivity index (χ0v) is 10.7. The summed E-state index contributed by atoms with van der Waals surface area (Å²) in [7, 11) is 0. The normalized spacial score (nSPS) is 17.6. The van der Waals surface area contributed by atoms with Crippen molar-refractivity contribution in [2.75, 3.05) is 11.1 Å². The first-order chi connectivity index (χ1) is 8.16. The molecular formula is C12H19N3OS. The maximum atomic E-state index is 11.1. The number of thiophene rings is 1. The largest absolute Gasteiger partial charge is 0.397 e. The van der Waals surface area contributed by atoms with Crippen LogP contribution in [0.5, 0.6) is 0 Å². The van der Waals surface area contributed by atoms with E-state index in [-0.39, 0.29) is 0 Å². The SMILES string of the molecule is NC(=O)c1sc(NC2CCCCCC2)cc1N. The number of carbonyl (C=O) groups is 1. The zero-order valence-electron chi connectivity index (χ0n) is 9.87. The van der Waals surface area contributed by atoms with Crippen molar-refractivity contribution in [1.82, 2.24) is 0 Å². The highest BCUT2D eigenvalue weighted by atomic mass is 32.1. The fourth-order valence-electron chi connectivity index (χ4n) is 2.29. The van der Waals surface area contributed by atoms with Crippen LogP contribution in [0.15, 0.2) is 6.07 Å². The number of hydrogen-bond donors (Lipinski definition) is 3. The maximum absolute atomic E-state index is 11.1. The number of carbonyl (C=O) groups excluding carboxylic acids is 1. The third-order valence-electron chi connectivity index (χ3n) is 3.19. The number of rotatable bonds is 3. The molecule has 0 bridgehead atoms. The lowest BCUT2D eigenvalue weighted by molar-refractivity contribution is 0.100. The van der Waals surface area contributed by atoms with Gasteiger partial charge in [0.1, 0.15) is 4.88 Å². The van der Waals surface area contributed by atoms with Gasteiger partial charge in [-0.05, 0) is 18.9 Å². The van der Waals surface area contributed by atoms with Crippen LogP contribution >= 0.6 is 11.3 Å². The van der Waals surface area contributed by atoms with Crippen molar-refractivity contribution >= 4 is 27.9 Å². The molecule has 0 saturated heterocycles. The standard InChI is InChI=1S/C12H19N3OS/c13-9-7-10(17-11(9)12(14)16)15-8-5-3-1-2-4-6-8/h7-8,15H,1-6,13H2,(H2,14,16). The molecule has 1 amide bonds. The van der Waals surface area contributed by atoms with Crippen LogP contribution in [0.3, 0.4) is 0 Å². The monoisotopic (exact) mass is 253 g/mol. The minimum absolute atomic E-state index is 0.443. The molecule has 2 rings (SSSR count). The minimum atomic E-state index is -0.443. The van der Waals surface area contributed by atoms with Crippen molar-refractivity contribution in [3.63, 3.8) is 0 Å². The highest BCUT2D eigenvalue weighted by molar-refractivity contribution is 7.18. The van der Waals surface area contributed by atoms with Crippen molar-refractivity contribution in [3.8, 4) is 0 Å². The molecule has 5 heteroatoms. The van der Waals surface area contributed by atoms with Crippen LogP contribution in [-0.2, 0) is 0 Å². The molecule has 0 unspecified atom stereocenters. The van der Waals surface area contributed by atoms with Crippen LogP contribution in [0, 0.1) is 0 Å². The van der Waals surface area contributed by atoms with Crippen LogP contribution in [-0.4, -0.2) is 11.9 Å². The lowest BCUT2D eigenvalue weighted by atomic mass is 10.1. The Labute approximate surface area is 105 Å². The van der Waals surface area contributed by atoms with Gasteiger partial charge in [0.15, 0.2) is 0 Å². The van der Waals surface area contributed by atoms with Gasteiger partial charge in [0, 0.05) is 6.04 Å². The quantitative estimate of drug-likeness (QED) is 0.724. The summed E-state index contributed by atoms with van der Waals surface area (Å²) in [6.45, 7) is 0. The van der Waals surface area contributed by atoms with E-state index < -0.39 is 5.91 Å². The Bertz CT molecular complexity index is 394. The first-order valence-electron chi connectivity index (χ1n) is 6.12. The highest BCUT2D eigenvalue weighted by Gasteiger charge is 2.15. The number of hydrogen-bond acceptors (Lipinski definition) is 4. The van der Waals surface area contributed by atoms with Gasteiger partial charge in [0.05, 0.1) is 10.7 Å². The van der Waals surface area contributed by atoms with Gasteiger partial charge in [-0.3, -0.25) is 4.79 Å². The summed E-state index contributed by atoms with van der Waals surface area (Å²) in [5, 5.41) is 4.43. The Hall–Kier alpha value is -1.23. The van der Waals surface area contributed by atoms with E-state index in [2.05, 4.69) is 5.32 Å². The summed E-state index contributed by atoms with van der Waals surface area (Å²) < 4.78 is 0. The van der Waals surface area contributed by atoms with Gasteiger partial charge in [-0.15, -0.1) is 11.3 Å². The molecule has 1 heterocycles. The fourth-order valence-corrected chi connectivity index (χ4v) is 3.20. The molecule has 17 heavy (non-hydrogen) atoms. The van der Waals surface area contributed by atoms with Crippen LogP contribution in [0.4, 0.5) is 10.7 Å². The van der Waals surface area contributed by atoms with Gasteiger partial charge >= 0.3 is 0 Å². The molecule has 94 valence electrons. The molecule has 1 aliphatic rings. The number of nitrogen functional groups attached to an aromatic ring is 1. The summed E-state index contributed by atoms with van der Waals surface area (Å²) in [6, 6.07) is 2.33. The highest BCUT2D eigenvalue weighted by Crippen LogP contribution is 2.31. The van der Waals surface area contributed by atoms with E-state index in [0.717, 1.165) is 5.00 Å². The molecule has 5 N–H and O–H groups in total. The van der Waals surface area contributed by atoms with E-state index in [1.54, 1.807) is 0 Å². The molecule has 1 fully saturated rings. The Morgan fingerprint density at radius 1 is 1.29 bits per heavy atom. The molecule has 1 saturated carbocycles. The van der Waals surface area contributed by atoms with Crippen LogP contribution < -0.4 is 16.8 Å². The fraction of sp³-hybridized carbons (Fsp3) is 0.583. The second kappa shape index (κ2) is 5.40. The molecule has 0 aromatic carbocycles. The van der Waals surface area contributed by atoms with Gasteiger partial charge in [-0.2, -0.15) is 0 Å². The number of amides is 1. The molecular weight excluding hydrogens is 234 g/mol. The smallest absolute Gasteiger partial charge is 0.260 e. The molecule has 4 nitrogen and oxygen atoms in total. The van der Waals surface area contributed by atoms with Gasteiger partial charge in [0.2, 0.25) is 0 Å². The van der Waals surface area contributed by atoms with Crippen LogP contribution in [0.1, 0.15) is 48.2 Å². The van der Waals surface area contributed by atoms with Gasteiger partial charge < -0.3 is 16.8 Å². The number of nitrogens with one attached hydrogen (secondary N) is 1. The van der Waals surface area contributed by atoms with E-state index in [1.807, 2.05) is 6.07 Å². The molecule has 1 aliphatic carbocycles. The molecule has 0 atom stereocenters. The summed E-state index contributed by atoms with van der Waals surface area (Å²) in [5.41, 5.74) is 11.5. The lowest BCUT2D eigenvalue weighted by Gasteiger charge is -2.15. The second-order valence-corrected chi connectivity index (χ2v) is 5.64. The van der Waals surface area contributed by atoms with Crippen LogP contribution in [0.2, 0.25) is 0 Å². The van der Waals surface area contributed by atoms with Gasteiger partial charge in [0.25, 0.3) is 5.91 Å². The average molecular weight is 253 g/mol. The van der Waals surface area contributed by atoms with E-state index in [9.17, 15) is 4.79 Å². The van der Waals surface area contributed by atoms with Crippen molar-refractivity contribution in [3.05, 3.63) is 10.9 Å². The lowest BCUT2D eigenvalue weighted by Crippen LogP contribution is -2.17. The Kier molecular flexibility index (Phi) is 3.89. The zero-order chi connectivity index (χ0) is 12.3. The van der Waals surface area contributed by atoms with E-state index in [4.69, 9.17) is 11.5 Å². The third-order valence-corrected chi connectivity index (χ3v) is 4.28. The Morgan fingerprint density at radius 3 is 2.47 bits per heavy atom. The topological polar surface area (TPSA) is 81.1 Å². The van der Waals surface area contributed by atoms with Crippen molar-refractivity contribution < 1.29 is 4.79 Å². The second-order valence-electron chi connectivity index (χ2n) is 4.59. The summed E-state index contributed by atoms with van der Waals surface area (Å²) in [5.74, 6) is -0.443. The molecule has 0 aliphatic heterocycles. The summed E-state index contributed by atoms with van der Waals surface area (Å²) in [6.07, 6.45) is 7.62. The van der Waals surface area contributed by atoms with Gasteiger partial charge in [-0.25, -0.2) is 0 Å². The van der Waals surface area contributed by atoms with E-state index in [1.165, 1.54) is 49.9 Å². The predicted octanol–water partition coefficient (Wildman–Crippen LogP) is 2.56. The third kappa shape index (κ3) is 3.12. The predicted molar refractivity (Wildman–Crippen MR) is 72.4 cm³/mol. The molecule has 1 aromatic rings. The average Bonchev–Trinajstić information content (AvgIpc) is 2.50. The van der Waals surface area contributed by atoms with Crippen molar-refractivity contribution in [2.45, 2.75) is 44.6 Å². The molecule has 1 aromatic heterocycles. The number of anilines is 2. The first-order valence-corrected chi connectivity index (χ1v) is 6.94. The number of primary amides is 1. The Balaban J connectivity index is 2.02. The maximum Gasteiger partial charge on any atom is 0.260 e. The summed E-state index contributed by atoms with van der Waals surface area (Å²) >= 11 is 1.36. The Morgan fingerprint density at radius 2 is 1.94 bits per heavy atom. The van der Waals surface area contributed by atoms with Crippen LogP contribution in [0.25, 0.3) is 0 Å².